The number of rotatable bonds is 6. The molecule has 0 aliphatic carbocycles. The fraction of sp³-hybridized carbons (Fsp3) is 0.304. The lowest BCUT2D eigenvalue weighted by Crippen LogP contribution is -2.48. The minimum absolute atomic E-state index is 0.0343. The molecule has 1 aliphatic rings. The number of benzene rings is 2. The monoisotopic (exact) mass is 442 g/mol. The third kappa shape index (κ3) is 4.99. The van der Waals surface area contributed by atoms with Crippen LogP contribution in [0.1, 0.15) is 18.4 Å². The Hall–Kier alpha value is -3.06. The predicted octanol–water partition coefficient (Wildman–Crippen LogP) is 4.21. The highest BCUT2D eigenvalue weighted by molar-refractivity contribution is 6.31. The van der Waals surface area contributed by atoms with E-state index in [-0.39, 0.29) is 29.0 Å². The van der Waals surface area contributed by atoms with Crippen molar-refractivity contribution in [2.24, 2.45) is 0 Å². The quantitative estimate of drug-likeness (QED) is 0.600. The van der Waals surface area contributed by atoms with E-state index < -0.39 is 5.82 Å². The van der Waals surface area contributed by atoms with Crippen LogP contribution in [0.2, 0.25) is 5.02 Å². The molecule has 1 unspecified atom stereocenters. The molecule has 31 heavy (non-hydrogen) atoms. The van der Waals surface area contributed by atoms with Crippen molar-refractivity contribution in [1.29, 1.82) is 0 Å². The number of piperidine rings is 1. The first kappa shape index (κ1) is 21.2. The number of halogens is 2. The summed E-state index contributed by atoms with van der Waals surface area (Å²) < 4.78 is 19.2. The fourth-order valence-corrected chi connectivity index (χ4v) is 4.06. The Kier molecular flexibility index (Phi) is 6.42. The number of aromatic nitrogens is 2. The third-order valence-corrected chi connectivity index (χ3v) is 5.83. The van der Waals surface area contributed by atoms with E-state index in [4.69, 9.17) is 16.3 Å². The van der Waals surface area contributed by atoms with Gasteiger partial charge < -0.3 is 15.0 Å². The van der Waals surface area contributed by atoms with Crippen molar-refractivity contribution in [3.8, 4) is 17.0 Å². The maximum Gasteiger partial charge on any atom is 0.224 e. The first-order chi connectivity index (χ1) is 15.0. The van der Waals surface area contributed by atoms with Crippen molar-refractivity contribution in [1.82, 2.24) is 15.5 Å². The molecule has 1 atom stereocenters. The Labute approximate surface area is 185 Å². The van der Waals surface area contributed by atoms with Crippen LogP contribution in [-0.2, 0) is 11.2 Å². The molecule has 6 nitrogen and oxygen atoms in total. The highest BCUT2D eigenvalue weighted by Crippen LogP contribution is 2.26. The summed E-state index contributed by atoms with van der Waals surface area (Å²) >= 11 is 6.04. The summed E-state index contributed by atoms with van der Waals surface area (Å²) in [6.07, 6.45) is 1.71. The van der Waals surface area contributed by atoms with E-state index in [0.29, 0.717) is 6.54 Å². The fourth-order valence-electron chi connectivity index (χ4n) is 3.84. The van der Waals surface area contributed by atoms with Crippen molar-refractivity contribution in [3.05, 3.63) is 64.9 Å². The summed E-state index contributed by atoms with van der Waals surface area (Å²) in [6.45, 7) is 1.50. The largest absolute Gasteiger partial charge is 0.497 e. The van der Waals surface area contributed by atoms with E-state index in [0.717, 1.165) is 42.2 Å². The molecule has 1 aromatic heterocycles. The Morgan fingerprint density at radius 2 is 2.13 bits per heavy atom. The summed E-state index contributed by atoms with van der Waals surface area (Å²) in [4.78, 5) is 14.6. The van der Waals surface area contributed by atoms with Crippen LogP contribution < -0.4 is 15.0 Å². The lowest BCUT2D eigenvalue weighted by molar-refractivity contribution is -0.121. The van der Waals surface area contributed by atoms with Gasteiger partial charge in [-0.2, -0.15) is 5.10 Å². The number of nitrogens with zero attached hydrogens (tertiary/aromatic N) is 2. The number of anilines is 1. The zero-order valence-electron chi connectivity index (χ0n) is 17.2. The molecule has 3 aromatic rings. The van der Waals surface area contributed by atoms with Gasteiger partial charge in [0, 0.05) is 35.8 Å². The second kappa shape index (κ2) is 9.39. The van der Waals surface area contributed by atoms with Gasteiger partial charge in [-0.1, -0.05) is 17.7 Å². The van der Waals surface area contributed by atoms with Gasteiger partial charge in [-0.15, -0.1) is 0 Å². The number of amides is 1. The first-order valence-electron chi connectivity index (χ1n) is 10.2. The summed E-state index contributed by atoms with van der Waals surface area (Å²) in [7, 11) is 1.64. The molecule has 0 radical (unpaired) electrons. The highest BCUT2D eigenvalue weighted by Gasteiger charge is 2.24. The average Bonchev–Trinajstić information content (AvgIpc) is 3.27. The van der Waals surface area contributed by atoms with Crippen LogP contribution in [0.25, 0.3) is 11.3 Å². The number of ether oxygens (including phenoxy) is 1. The van der Waals surface area contributed by atoms with Crippen molar-refractivity contribution >= 4 is 23.3 Å². The van der Waals surface area contributed by atoms with E-state index in [2.05, 4.69) is 20.4 Å². The normalized spacial score (nSPS) is 16.2. The zero-order valence-corrected chi connectivity index (χ0v) is 18.0. The number of H-pyrrole nitrogens is 1. The molecule has 1 fully saturated rings. The topological polar surface area (TPSA) is 70.2 Å². The van der Waals surface area contributed by atoms with E-state index in [9.17, 15) is 9.18 Å². The average molecular weight is 443 g/mol. The van der Waals surface area contributed by atoms with Crippen LogP contribution >= 0.6 is 11.6 Å². The molecule has 1 aliphatic heterocycles. The van der Waals surface area contributed by atoms with Gasteiger partial charge in [0.1, 0.15) is 11.6 Å². The van der Waals surface area contributed by atoms with Crippen molar-refractivity contribution in [3.63, 3.8) is 0 Å². The lowest BCUT2D eigenvalue weighted by atomic mass is 10.0. The zero-order chi connectivity index (χ0) is 21.8. The number of carbonyl (C=O) groups excluding carboxylic acids is 1. The van der Waals surface area contributed by atoms with Crippen LogP contribution in [0.15, 0.2) is 48.5 Å². The molecule has 1 amide bonds. The van der Waals surface area contributed by atoms with E-state index in [1.54, 1.807) is 13.2 Å². The number of carbonyl (C=O) groups is 1. The molecule has 0 saturated carbocycles. The molecule has 1 saturated heterocycles. The van der Waals surface area contributed by atoms with Crippen LogP contribution in [0.3, 0.4) is 0 Å². The van der Waals surface area contributed by atoms with Gasteiger partial charge in [-0.3, -0.25) is 9.89 Å². The van der Waals surface area contributed by atoms with Crippen molar-refractivity contribution in [2.75, 3.05) is 25.1 Å². The third-order valence-electron chi connectivity index (χ3n) is 5.47. The van der Waals surface area contributed by atoms with Crippen LogP contribution in [0, 0.1) is 5.82 Å². The van der Waals surface area contributed by atoms with Gasteiger partial charge in [-0.25, -0.2) is 4.39 Å². The Morgan fingerprint density at radius 3 is 2.87 bits per heavy atom. The minimum Gasteiger partial charge on any atom is -0.497 e. The maximum atomic E-state index is 14.0. The molecule has 2 aromatic carbocycles. The van der Waals surface area contributed by atoms with E-state index in [1.807, 2.05) is 30.3 Å². The van der Waals surface area contributed by atoms with Crippen LogP contribution in [0.5, 0.6) is 5.75 Å². The molecular weight excluding hydrogens is 419 g/mol. The lowest BCUT2D eigenvalue weighted by Gasteiger charge is -2.33. The molecular formula is C23H24ClFN4O2. The molecule has 0 bridgehead atoms. The second-order valence-electron chi connectivity index (χ2n) is 7.60. The van der Waals surface area contributed by atoms with Gasteiger partial charge in [0.05, 0.1) is 19.2 Å². The molecule has 4 rings (SSSR count). The Bertz CT molecular complexity index is 1030. The van der Waals surface area contributed by atoms with Crippen LogP contribution in [-0.4, -0.2) is 42.3 Å². The molecule has 2 N–H and O–H groups in total. The first-order valence-corrected chi connectivity index (χ1v) is 10.6. The second-order valence-corrected chi connectivity index (χ2v) is 8.01. The van der Waals surface area contributed by atoms with Crippen LogP contribution in [0.4, 0.5) is 10.2 Å². The number of nitrogens with one attached hydrogen (secondary N) is 2. The molecule has 0 spiro atoms. The summed E-state index contributed by atoms with van der Waals surface area (Å²) in [5, 5.41) is 10.8. The summed E-state index contributed by atoms with van der Waals surface area (Å²) in [5.41, 5.74) is 2.16. The standard InChI is InChI=1S/C23H24ClFN4O2/c1-31-17-9-7-15(8-10-17)21-13-22(28-27-21)29-11-3-4-16(14-29)26-23(30)12-18-19(24)5-2-6-20(18)25/h2,5-10,13,16H,3-4,11-12,14H2,1H3,(H,26,30)(H,27,28). The van der Waals surface area contributed by atoms with Gasteiger partial charge in [0.2, 0.25) is 5.91 Å². The summed E-state index contributed by atoms with van der Waals surface area (Å²) in [6, 6.07) is 14.2. The Balaban J connectivity index is 1.38. The number of methoxy groups -OCH3 is 1. The number of hydrogen-bond donors (Lipinski definition) is 2. The molecule has 162 valence electrons. The highest BCUT2D eigenvalue weighted by atomic mass is 35.5. The summed E-state index contributed by atoms with van der Waals surface area (Å²) in [5.74, 6) is 0.937. The maximum absolute atomic E-state index is 14.0. The van der Waals surface area contributed by atoms with Crippen molar-refractivity contribution in [2.45, 2.75) is 25.3 Å². The van der Waals surface area contributed by atoms with E-state index in [1.165, 1.54) is 12.1 Å². The molecule has 2 heterocycles. The van der Waals surface area contributed by atoms with Gasteiger partial charge in [0.25, 0.3) is 0 Å². The number of aromatic amines is 1. The smallest absolute Gasteiger partial charge is 0.224 e. The van der Waals surface area contributed by atoms with Gasteiger partial charge in [0.15, 0.2) is 5.82 Å². The Morgan fingerprint density at radius 1 is 1.32 bits per heavy atom. The molecule has 8 heteroatoms. The van der Waals surface area contributed by atoms with Gasteiger partial charge in [-0.05, 0) is 54.8 Å². The SMILES string of the molecule is COc1ccc(-c2cc(N3CCCC(NC(=O)Cc4c(F)cccc4Cl)C3)n[nH]2)cc1. The van der Waals surface area contributed by atoms with Crippen molar-refractivity contribution < 1.29 is 13.9 Å². The van der Waals surface area contributed by atoms with Gasteiger partial charge >= 0.3 is 0 Å². The number of hydrogen-bond acceptors (Lipinski definition) is 4. The minimum atomic E-state index is -0.462. The van der Waals surface area contributed by atoms with E-state index >= 15 is 0 Å². The predicted molar refractivity (Wildman–Crippen MR) is 119 cm³/mol.